The van der Waals surface area contributed by atoms with Crippen molar-refractivity contribution in [3.8, 4) is 0 Å². The minimum atomic E-state index is -0.255. The molecule has 4 saturated carbocycles. The number of rotatable bonds is 7. The molecular weight excluding hydrogens is 350 g/mol. The summed E-state index contributed by atoms with van der Waals surface area (Å²) in [7, 11) is 0. The Morgan fingerprint density at radius 2 is 1.71 bits per heavy atom. The number of esters is 1. The molecule has 4 fully saturated rings. The molecular formula is C24H33NO3. The van der Waals surface area contributed by atoms with Crippen molar-refractivity contribution in [2.24, 2.45) is 23.2 Å². The highest BCUT2D eigenvalue weighted by Gasteiger charge is 2.51. The predicted molar refractivity (Wildman–Crippen MR) is 110 cm³/mol. The summed E-state index contributed by atoms with van der Waals surface area (Å²) in [5, 5.41) is 2.92. The minimum Gasteiger partial charge on any atom is -0.456 e. The Kier molecular flexibility index (Phi) is 5.48. The number of hydrogen-bond donors (Lipinski definition) is 1. The van der Waals surface area contributed by atoms with Gasteiger partial charge in [-0.2, -0.15) is 0 Å². The van der Waals surface area contributed by atoms with E-state index in [4.69, 9.17) is 4.74 Å². The van der Waals surface area contributed by atoms with Crippen LogP contribution in [0.15, 0.2) is 24.3 Å². The topological polar surface area (TPSA) is 55.4 Å². The third kappa shape index (κ3) is 4.11. The second-order valence-electron chi connectivity index (χ2n) is 9.70. The monoisotopic (exact) mass is 383 g/mol. The van der Waals surface area contributed by atoms with E-state index in [1.165, 1.54) is 38.5 Å². The summed E-state index contributed by atoms with van der Waals surface area (Å²) in [6, 6.07) is 7.86. The molecule has 1 atom stereocenters. The molecule has 1 amide bonds. The van der Waals surface area contributed by atoms with Crippen LogP contribution in [0.25, 0.3) is 0 Å². The third-order valence-electron chi connectivity index (χ3n) is 7.43. The van der Waals surface area contributed by atoms with Crippen LogP contribution in [0.2, 0.25) is 0 Å². The molecule has 0 heterocycles. The zero-order valence-corrected chi connectivity index (χ0v) is 17.2. The molecule has 4 nitrogen and oxygen atoms in total. The SMILES string of the molecule is CC[C@H](C)c1ccccc1NC(=O)COC(=O)CC12CC3CC(CC(C3)C1)C2. The van der Waals surface area contributed by atoms with Crippen molar-refractivity contribution in [3.63, 3.8) is 0 Å². The summed E-state index contributed by atoms with van der Waals surface area (Å²) in [6.07, 6.45) is 9.15. The summed E-state index contributed by atoms with van der Waals surface area (Å²) < 4.78 is 5.39. The van der Waals surface area contributed by atoms with E-state index >= 15 is 0 Å². The Hall–Kier alpha value is -1.84. The molecule has 0 aliphatic heterocycles. The normalized spacial score (nSPS) is 31.4. The van der Waals surface area contributed by atoms with E-state index in [1.807, 2.05) is 24.3 Å². The van der Waals surface area contributed by atoms with E-state index in [9.17, 15) is 9.59 Å². The van der Waals surface area contributed by atoms with Gasteiger partial charge in [-0.3, -0.25) is 9.59 Å². The molecule has 0 spiro atoms. The van der Waals surface area contributed by atoms with Crippen LogP contribution in [-0.2, 0) is 14.3 Å². The van der Waals surface area contributed by atoms with Gasteiger partial charge in [0.2, 0.25) is 0 Å². The van der Waals surface area contributed by atoms with Gasteiger partial charge < -0.3 is 10.1 Å². The van der Waals surface area contributed by atoms with E-state index in [0.717, 1.165) is 35.4 Å². The number of ether oxygens (including phenoxy) is 1. The number of para-hydroxylation sites is 1. The average Bonchev–Trinajstić information content (AvgIpc) is 2.65. The van der Waals surface area contributed by atoms with Crippen LogP contribution in [0.5, 0.6) is 0 Å². The molecule has 4 bridgehead atoms. The van der Waals surface area contributed by atoms with Gasteiger partial charge in [-0.15, -0.1) is 0 Å². The Bertz CT molecular complexity index is 706. The standard InChI is InChI=1S/C24H33NO3/c1-3-16(2)20-6-4-5-7-21(20)25-22(26)15-28-23(27)14-24-11-17-8-18(12-24)10-19(9-17)13-24/h4-7,16-19H,3,8-15H2,1-2H3,(H,25,26)/t16-,17?,18?,19?,24?/m0/s1. The third-order valence-corrected chi connectivity index (χ3v) is 7.43. The first-order chi connectivity index (χ1) is 13.5. The molecule has 0 unspecified atom stereocenters. The second-order valence-corrected chi connectivity index (χ2v) is 9.70. The Morgan fingerprint density at radius 3 is 2.32 bits per heavy atom. The molecule has 28 heavy (non-hydrogen) atoms. The lowest BCUT2D eigenvalue weighted by atomic mass is 9.49. The Balaban J connectivity index is 1.29. The van der Waals surface area contributed by atoms with Crippen LogP contribution < -0.4 is 5.32 Å². The zero-order valence-electron chi connectivity index (χ0n) is 17.2. The molecule has 4 aliphatic rings. The number of carbonyl (C=O) groups excluding carboxylic acids is 2. The van der Waals surface area contributed by atoms with E-state index < -0.39 is 0 Å². The number of hydrogen-bond acceptors (Lipinski definition) is 3. The van der Waals surface area contributed by atoms with E-state index in [0.29, 0.717) is 12.3 Å². The predicted octanol–water partition coefficient (Wildman–Crippen LogP) is 5.29. The molecule has 4 aliphatic carbocycles. The summed E-state index contributed by atoms with van der Waals surface area (Å²) in [5.41, 5.74) is 2.10. The lowest BCUT2D eigenvalue weighted by molar-refractivity contribution is -0.154. The number of carbonyl (C=O) groups is 2. The maximum absolute atomic E-state index is 12.5. The lowest BCUT2D eigenvalue weighted by Gasteiger charge is -2.56. The van der Waals surface area contributed by atoms with Crippen LogP contribution >= 0.6 is 0 Å². The molecule has 0 saturated heterocycles. The van der Waals surface area contributed by atoms with Crippen LogP contribution in [0.4, 0.5) is 5.69 Å². The molecule has 1 aromatic rings. The van der Waals surface area contributed by atoms with Gasteiger partial charge in [-0.25, -0.2) is 0 Å². The Morgan fingerprint density at radius 1 is 1.11 bits per heavy atom. The quantitative estimate of drug-likeness (QED) is 0.651. The van der Waals surface area contributed by atoms with Crippen molar-refractivity contribution in [2.75, 3.05) is 11.9 Å². The number of nitrogens with one attached hydrogen (secondary N) is 1. The second kappa shape index (κ2) is 7.88. The molecule has 0 aromatic heterocycles. The minimum absolute atomic E-state index is 0.158. The molecule has 1 N–H and O–H groups in total. The van der Waals surface area contributed by atoms with Gasteiger partial charge in [-0.1, -0.05) is 32.0 Å². The van der Waals surface area contributed by atoms with Gasteiger partial charge in [0.1, 0.15) is 0 Å². The van der Waals surface area contributed by atoms with Gasteiger partial charge in [-0.05, 0) is 85.7 Å². The van der Waals surface area contributed by atoms with Crippen molar-refractivity contribution in [2.45, 2.75) is 71.1 Å². The molecule has 152 valence electrons. The highest BCUT2D eigenvalue weighted by molar-refractivity contribution is 5.93. The highest BCUT2D eigenvalue weighted by atomic mass is 16.5. The van der Waals surface area contributed by atoms with Crippen molar-refractivity contribution in [1.29, 1.82) is 0 Å². The molecule has 1 aromatic carbocycles. The van der Waals surface area contributed by atoms with E-state index in [1.54, 1.807) is 0 Å². The van der Waals surface area contributed by atoms with Gasteiger partial charge in [0.15, 0.2) is 6.61 Å². The summed E-state index contributed by atoms with van der Waals surface area (Å²) in [4.78, 5) is 24.9. The summed E-state index contributed by atoms with van der Waals surface area (Å²) in [6.45, 7) is 4.09. The number of amides is 1. The highest BCUT2D eigenvalue weighted by Crippen LogP contribution is 2.61. The maximum atomic E-state index is 12.5. The van der Waals surface area contributed by atoms with Crippen molar-refractivity contribution >= 4 is 17.6 Å². The first kappa shape index (κ1) is 19.5. The largest absolute Gasteiger partial charge is 0.456 e. The fourth-order valence-electron chi connectivity index (χ4n) is 6.46. The smallest absolute Gasteiger partial charge is 0.306 e. The molecule has 5 rings (SSSR count). The first-order valence-electron chi connectivity index (χ1n) is 11.0. The molecule has 4 heteroatoms. The van der Waals surface area contributed by atoms with Crippen LogP contribution in [0.3, 0.4) is 0 Å². The van der Waals surface area contributed by atoms with Gasteiger partial charge in [0.25, 0.3) is 5.91 Å². The van der Waals surface area contributed by atoms with Crippen molar-refractivity contribution < 1.29 is 14.3 Å². The number of anilines is 1. The summed E-state index contributed by atoms with van der Waals surface area (Å²) >= 11 is 0. The van der Waals surface area contributed by atoms with Gasteiger partial charge in [0.05, 0.1) is 6.42 Å². The maximum Gasteiger partial charge on any atom is 0.306 e. The molecule has 0 radical (unpaired) electrons. The van der Waals surface area contributed by atoms with Crippen LogP contribution in [0, 0.1) is 23.2 Å². The fraction of sp³-hybridized carbons (Fsp3) is 0.667. The van der Waals surface area contributed by atoms with E-state index in [-0.39, 0.29) is 23.9 Å². The van der Waals surface area contributed by atoms with Crippen molar-refractivity contribution in [3.05, 3.63) is 29.8 Å². The van der Waals surface area contributed by atoms with Gasteiger partial charge in [0, 0.05) is 5.69 Å². The van der Waals surface area contributed by atoms with Crippen LogP contribution in [0.1, 0.15) is 76.7 Å². The van der Waals surface area contributed by atoms with Gasteiger partial charge >= 0.3 is 5.97 Å². The Labute approximate surface area is 168 Å². The lowest BCUT2D eigenvalue weighted by Crippen LogP contribution is -2.47. The average molecular weight is 384 g/mol. The first-order valence-corrected chi connectivity index (χ1v) is 11.0. The summed E-state index contributed by atoms with van der Waals surface area (Å²) in [5.74, 6) is 2.37. The van der Waals surface area contributed by atoms with Crippen molar-refractivity contribution in [1.82, 2.24) is 0 Å². The van der Waals surface area contributed by atoms with Crippen LogP contribution in [-0.4, -0.2) is 18.5 Å². The number of benzene rings is 1. The van der Waals surface area contributed by atoms with E-state index in [2.05, 4.69) is 19.2 Å². The zero-order chi connectivity index (χ0) is 19.7. The fourth-order valence-corrected chi connectivity index (χ4v) is 6.46.